The molecule has 1 aliphatic heterocycles. The lowest BCUT2D eigenvalue weighted by Crippen LogP contribution is -2.27. The van der Waals surface area contributed by atoms with Crippen LogP contribution in [0.4, 0.5) is 0 Å². The van der Waals surface area contributed by atoms with Crippen LogP contribution in [0.3, 0.4) is 0 Å². The second-order valence-corrected chi connectivity index (χ2v) is 7.89. The van der Waals surface area contributed by atoms with Gasteiger partial charge in [-0.2, -0.15) is 0 Å². The zero-order valence-electron chi connectivity index (χ0n) is 11.1. The highest BCUT2D eigenvalue weighted by Crippen LogP contribution is 2.29. The van der Waals surface area contributed by atoms with Gasteiger partial charge in [-0.1, -0.05) is 36.9 Å². The monoisotopic (exact) mass is 344 g/mol. The molecule has 0 bridgehead atoms. The van der Waals surface area contributed by atoms with Crippen molar-refractivity contribution in [2.24, 2.45) is 0 Å². The number of aromatic nitrogens is 2. The summed E-state index contributed by atoms with van der Waals surface area (Å²) in [5.41, 5.74) is -0.490. The van der Waals surface area contributed by atoms with Gasteiger partial charge in [0.1, 0.15) is 0 Å². The maximum Gasteiger partial charge on any atom is 0.273 e. The van der Waals surface area contributed by atoms with Gasteiger partial charge in [-0.3, -0.25) is 9.36 Å². The molecule has 0 amide bonds. The third kappa shape index (κ3) is 2.73. The minimum Gasteiger partial charge on any atom is -0.285 e. The number of rotatable bonds is 2. The Morgan fingerprint density at radius 3 is 2.62 bits per heavy atom. The van der Waals surface area contributed by atoms with Crippen LogP contribution in [0.2, 0.25) is 0 Å². The van der Waals surface area contributed by atoms with E-state index in [2.05, 4.69) is 4.98 Å². The van der Waals surface area contributed by atoms with Crippen molar-refractivity contribution in [3.8, 4) is 0 Å². The molecular weight excluding hydrogens is 332 g/mol. The summed E-state index contributed by atoms with van der Waals surface area (Å²) in [5, 5.41) is 0.805. The van der Waals surface area contributed by atoms with E-state index >= 15 is 0 Å². The third-order valence-electron chi connectivity index (χ3n) is 3.07. The Labute approximate surface area is 132 Å². The maximum atomic E-state index is 12.5. The molecule has 3 rings (SSSR count). The molecule has 112 valence electrons. The van der Waals surface area contributed by atoms with E-state index in [4.69, 9.17) is 0 Å². The van der Waals surface area contributed by atoms with Crippen LogP contribution in [0.1, 0.15) is 6.92 Å². The van der Waals surface area contributed by atoms with Gasteiger partial charge in [-0.05, 0) is 12.1 Å². The molecule has 21 heavy (non-hydrogen) atoms. The summed E-state index contributed by atoms with van der Waals surface area (Å²) in [6.07, 6.45) is 1.17. The molecule has 1 atom stereocenters. The van der Waals surface area contributed by atoms with Crippen molar-refractivity contribution in [1.82, 2.24) is 9.55 Å². The summed E-state index contributed by atoms with van der Waals surface area (Å²) < 4.78 is 26.4. The van der Waals surface area contributed by atoms with Crippen LogP contribution in [0.15, 0.2) is 56.3 Å². The molecule has 1 aromatic carbocycles. The fraction of sp³-hybridized carbons (Fsp3) is 0.231. The molecule has 2 heterocycles. The number of benzene rings is 1. The van der Waals surface area contributed by atoms with Crippen LogP contribution < -0.4 is 5.56 Å². The molecule has 8 heteroatoms. The van der Waals surface area contributed by atoms with Crippen LogP contribution in [0, 0.1) is 0 Å². The second-order valence-electron chi connectivity index (χ2n) is 4.57. The first-order chi connectivity index (χ1) is 9.50. The lowest BCUT2D eigenvalue weighted by Gasteiger charge is -2.06. The molecule has 5 nitrogen and oxygen atoms in total. The van der Waals surface area contributed by atoms with Gasteiger partial charge < -0.3 is 0 Å². The van der Waals surface area contributed by atoms with Gasteiger partial charge in [0.2, 0.25) is 9.84 Å². The van der Waals surface area contributed by atoms with E-state index in [0.717, 1.165) is 0 Å². The molecule has 1 unspecified atom stereocenters. The Morgan fingerprint density at radius 2 is 1.95 bits per heavy atom. The number of nitrogens with zero attached hydrogens (tertiary/aromatic N) is 2. The first-order valence-electron chi connectivity index (χ1n) is 6.07. The average molecular weight is 345 g/mol. The number of fused-ring (bicyclic) bond motifs is 1. The summed E-state index contributed by atoms with van der Waals surface area (Å²) in [6, 6.07) is 7.94. The van der Waals surface area contributed by atoms with Gasteiger partial charge in [-0.25, -0.2) is 13.4 Å². The first kappa shape index (κ1) is 16.1. The highest BCUT2D eigenvalue weighted by molar-refractivity contribution is 8.00. The van der Waals surface area contributed by atoms with E-state index in [9.17, 15) is 13.2 Å². The van der Waals surface area contributed by atoms with E-state index in [1.807, 2.05) is 6.92 Å². The van der Waals surface area contributed by atoms with Crippen molar-refractivity contribution in [3.05, 3.63) is 46.9 Å². The highest BCUT2D eigenvalue weighted by atomic mass is 35.5. The zero-order chi connectivity index (χ0) is 14.3. The van der Waals surface area contributed by atoms with Crippen LogP contribution >= 0.6 is 24.2 Å². The fourth-order valence-corrected chi connectivity index (χ4v) is 4.38. The van der Waals surface area contributed by atoms with E-state index in [1.54, 1.807) is 18.2 Å². The Bertz CT molecular complexity index is 819. The quantitative estimate of drug-likeness (QED) is 0.779. The SMILES string of the molecule is CC1Cn2c(ncc(S(=O)(=O)c3ccccc3)c2=O)S1.Cl. The van der Waals surface area contributed by atoms with Crippen molar-refractivity contribution < 1.29 is 8.42 Å². The smallest absolute Gasteiger partial charge is 0.273 e. The molecule has 0 radical (unpaired) electrons. The molecule has 0 saturated heterocycles. The third-order valence-corrected chi connectivity index (χ3v) is 5.91. The Kier molecular flexibility index (Phi) is 4.46. The van der Waals surface area contributed by atoms with Gasteiger partial charge in [0.05, 0.1) is 11.1 Å². The molecular formula is C13H13ClN2O3S2. The summed E-state index contributed by atoms with van der Waals surface area (Å²) in [5.74, 6) is 0. The predicted molar refractivity (Wildman–Crippen MR) is 83.0 cm³/mol. The normalized spacial score (nSPS) is 17.1. The van der Waals surface area contributed by atoms with E-state index in [0.29, 0.717) is 11.7 Å². The Hall–Kier alpha value is -1.31. The Morgan fingerprint density at radius 1 is 1.29 bits per heavy atom. The molecule has 1 aromatic heterocycles. The van der Waals surface area contributed by atoms with E-state index in [1.165, 1.54) is 34.7 Å². The first-order valence-corrected chi connectivity index (χ1v) is 8.43. The maximum absolute atomic E-state index is 12.5. The molecule has 0 N–H and O–H groups in total. The van der Waals surface area contributed by atoms with Crippen molar-refractivity contribution in [2.45, 2.75) is 33.7 Å². The van der Waals surface area contributed by atoms with Crippen molar-refractivity contribution in [2.75, 3.05) is 0 Å². The molecule has 0 aliphatic carbocycles. The van der Waals surface area contributed by atoms with Gasteiger partial charge in [0.25, 0.3) is 5.56 Å². The van der Waals surface area contributed by atoms with Crippen molar-refractivity contribution in [3.63, 3.8) is 0 Å². The van der Waals surface area contributed by atoms with Gasteiger partial charge in [0, 0.05) is 11.8 Å². The molecule has 1 aliphatic rings. The summed E-state index contributed by atoms with van der Waals surface area (Å²) in [6.45, 7) is 2.47. The van der Waals surface area contributed by atoms with Crippen molar-refractivity contribution >= 4 is 34.0 Å². The lowest BCUT2D eigenvalue weighted by molar-refractivity contribution is 0.574. The lowest BCUT2D eigenvalue weighted by atomic mass is 10.4. The minimum atomic E-state index is -3.81. The number of sulfone groups is 1. The number of halogens is 1. The average Bonchev–Trinajstić information content (AvgIpc) is 2.81. The summed E-state index contributed by atoms with van der Waals surface area (Å²) in [4.78, 5) is 16.3. The summed E-state index contributed by atoms with van der Waals surface area (Å²) in [7, 11) is -3.81. The van der Waals surface area contributed by atoms with Crippen LogP contribution in [-0.2, 0) is 16.4 Å². The topological polar surface area (TPSA) is 69.0 Å². The van der Waals surface area contributed by atoms with Gasteiger partial charge in [0.15, 0.2) is 10.1 Å². The Balaban J connectivity index is 0.00000161. The molecule has 0 saturated carbocycles. The van der Waals surface area contributed by atoms with E-state index in [-0.39, 0.29) is 27.4 Å². The number of hydrogen-bond acceptors (Lipinski definition) is 5. The fourth-order valence-electron chi connectivity index (χ4n) is 2.10. The molecule has 0 fully saturated rings. The van der Waals surface area contributed by atoms with Gasteiger partial charge in [-0.15, -0.1) is 12.4 Å². The van der Waals surface area contributed by atoms with Crippen LogP contribution in [0.5, 0.6) is 0 Å². The summed E-state index contributed by atoms with van der Waals surface area (Å²) >= 11 is 1.48. The van der Waals surface area contributed by atoms with Gasteiger partial charge >= 0.3 is 0 Å². The highest BCUT2D eigenvalue weighted by Gasteiger charge is 2.28. The van der Waals surface area contributed by atoms with E-state index < -0.39 is 15.4 Å². The minimum absolute atomic E-state index is 0. The number of thioether (sulfide) groups is 1. The second kappa shape index (κ2) is 5.82. The zero-order valence-corrected chi connectivity index (χ0v) is 13.5. The standard InChI is InChI=1S/C13H12N2O3S2.ClH/c1-9-8-15-12(16)11(7-14-13(15)19-9)20(17,18)10-5-3-2-4-6-10;/h2-7,9H,8H2,1H3;1H. The molecule has 2 aromatic rings. The number of hydrogen-bond donors (Lipinski definition) is 0. The van der Waals surface area contributed by atoms with Crippen LogP contribution in [-0.4, -0.2) is 23.2 Å². The largest absolute Gasteiger partial charge is 0.285 e. The predicted octanol–water partition coefficient (Wildman–Crippen LogP) is 1.99. The van der Waals surface area contributed by atoms with Crippen molar-refractivity contribution in [1.29, 1.82) is 0 Å². The van der Waals surface area contributed by atoms with Crippen LogP contribution in [0.25, 0.3) is 0 Å². The molecule has 0 spiro atoms.